The molecular weight excluding hydrogens is 210 g/mol. The summed E-state index contributed by atoms with van der Waals surface area (Å²) in [5.41, 5.74) is 5.01. The summed E-state index contributed by atoms with van der Waals surface area (Å²) < 4.78 is 2.21. The minimum Gasteiger partial charge on any atom is -0.330 e. The number of benzene rings is 1. The summed E-state index contributed by atoms with van der Waals surface area (Å²) in [4.78, 5) is 4.77. The minimum absolute atomic E-state index is 0.734. The number of hydrogen-bond acceptors (Lipinski definition) is 2. The maximum Gasteiger partial charge on any atom is 0.123 e. The van der Waals surface area contributed by atoms with Crippen molar-refractivity contribution in [3.05, 3.63) is 29.1 Å². The lowest BCUT2D eigenvalue weighted by atomic mass is 10.1. The highest BCUT2D eigenvalue weighted by molar-refractivity contribution is 5.80. The van der Waals surface area contributed by atoms with Crippen LogP contribution in [-0.4, -0.2) is 15.6 Å². The van der Waals surface area contributed by atoms with Gasteiger partial charge in [0.2, 0.25) is 0 Å². The van der Waals surface area contributed by atoms with Crippen LogP contribution in [0.4, 0.5) is 0 Å². The molecule has 0 amide bonds. The molecule has 1 aliphatic carbocycles. The van der Waals surface area contributed by atoms with Crippen LogP contribution in [0.15, 0.2) is 12.1 Å². The van der Waals surface area contributed by atoms with Gasteiger partial charge in [-0.05, 0) is 43.9 Å². The number of aryl methyl sites for hydroxylation is 3. The molecule has 1 aliphatic rings. The summed E-state index contributed by atoms with van der Waals surface area (Å²) in [6, 6.07) is 5.08. The molecule has 1 aromatic heterocycles. The molecule has 1 fully saturated rings. The lowest BCUT2D eigenvalue weighted by Crippen LogP contribution is -2.18. The molecule has 3 heteroatoms. The van der Waals surface area contributed by atoms with E-state index in [1.54, 1.807) is 0 Å². The van der Waals surface area contributed by atoms with Gasteiger partial charge in [0, 0.05) is 13.1 Å². The zero-order valence-corrected chi connectivity index (χ0v) is 10.7. The number of hydrogen-bond donors (Lipinski definition) is 1. The first-order valence-corrected chi connectivity index (χ1v) is 6.31. The van der Waals surface area contributed by atoms with Gasteiger partial charge in [-0.3, -0.25) is 0 Å². The van der Waals surface area contributed by atoms with Crippen molar-refractivity contribution in [3.63, 3.8) is 0 Å². The third-order valence-corrected chi connectivity index (χ3v) is 3.80. The maximum absolute atomic E-state index is 4.77. The van der Waals surface area contributed by atoms with Gasteiger partial charge in [0.15, 0.2) is 0 Å². The fraction of sp³-hybridized carbons (Fsp3) is 0.500. The predicted molar refractivity (Wildman–Crippen MR) is 70.0 cm³/mol. The molecule has 0 bridgehead atoms. The molecule has 3 rings (SSSR count). The zero-order chi connectivity index (χ0) is 12.0. The SMILES string of the molecule is Cc1ccc2c(nc(CNC3CC3)n2C)c1C. The number of nitrogens with one attached hydrogen (secondary N) is 1. The molecule has 0 spiro atoms. The van der Waals surface area contributed by atoms with Crippen molar-refractivity contribution in [2.75, 3.05) is 0 Å². The average molecular weight is 229 g/mol. The van der Waals surface area contributed by atoms with Crippen molar-refractivity contribution < 1.29 is 0 Å². The molecule has 1 aromatic carbocycles. The molecule has 2 aromatic rings. The van der Waals surface area contributed by atoms with Crippen molar-refractivity contribution in [1.82, 2.24) is 14.9 Å². The average Bonchev–Trinajstić information content (AvgIpc) is 3.08. The van der Waals surface area contributed by atoms with E-state index in [4.69, 9.17) is 4.98 Å². The Morgan fingerprint density at radius 2 is 2.12 bits per heavy atom. The first-order chi connectivity index (χ1) is 8.16. The molecule has 90 valence electrons. The Bertz CT molecular complexity index is 564. The van der Waals surface area contributed by atoms with Gasteiger partial charge >= 0.3 is 0 Å². The Morgan fingerprint density at radius 3 is 2.82 bits per heavy atom. The Labute approximate surface area is 102 Å². The smallest absolute Gasteiger partial charge is 0.123 e. The van der Waals surface area contributed by atoms with Crippen LogP contribution in [0.3, 0.4) is 0 Å². The number of fused-ring (bicyclic) bond motifs is 1. The lowest BCUT2D eigenvalue weighted by Gasteiger charge is -2.03. The first-order valence-electron chi connectivity index (χ1n) is 6.31. The van der Waals surface area contributed by atoms with Gasteiger partial charge < -0.3 is 9.88 Å². The van der Waals surface area contributed by atoms with Crippen molar-refractivity contribution >= 4 is 11.0 Å². The van der Waals surface area contributed by atoms with Crippen LogP contribution in [0.1, 0.15) is 29.8 Å². The van der Waals surface area contributed by atoms with E-state index in [9.17, 15) is 0 Å². The molecule has 0 unspecified atom stereocenters. The zero-order valence-electron chi connectivity index (χ0n) is 10.7. The fourth-order valence-corrected chi connectivity index (χ4v) is 2.22. The quantitative estimate of drug-likeness (QED) is 0.876. The van der Waals surface area contributed by atoms with Gasteiger partial charge in [-0.2, -0.15) is 0 Å². The van der Waals surface area contributed by atoms with Crippen LogP contribution in [-0.2, 0) is 13.6 Å². The summed E-state index contributed by atoms with van der Waals surface area (Å²) in [5, 5.41) is 3.53. The van der Waals surface area contributed by atoms with Crippen LogP contribution in [0.5, 0.6) is 0 Å². The summed E-state index contributed by atoms with van der Waals surface area (Å²) in [6.07, 6.45) is 2.64. The van der Waals surface area contributed by atoms with Gasteiger partial charge in [0.25, 0.3) is 0 Å². The van der Waals surface area contributed by atoms with Crippen molar-refractivity contribution in [1.29, 1.82) is 0 Å². The van der Waals surface area contributed by atoms with Crippen molar-refractivity contribution in [2.24, 2.45) is 7.05 Å². The first kappa shape index (κ1) is 10.8. The number of aromatic nitrogens is 2. The van der Waals surface area contributed by atoms with E-state index in [1.807, 2.05) is 0 Å². The van der Waals surface area contributed by atoms with Gasteiger partial charge in [-0.25, -0.2) is 4.98 Å². The molecule has 0 atom stereocenters. The van der Waals surface area contributed by atoms with E-state index in [-0.39, 0.29) is 0 Å². The second kappa shape index (κ2) is 3.84. The van der Waals surface area contributed by atoms with Crippen LogP contribution in [0.2, 0.25) is 0 Å². The highest BCUT2D eigenvalue weighted by Gasteiger charge is 2.21. The summed E-state index contributed by atoms with van der Waals surface area (Å²) in [6.45, 7) is 5.18. The summed E-state index contributed by atoms with van der Waals surface area (Å²) in [5.74, 6) is 1.14. The highest BCUT2D eigenvalue weighted by Crippen LogP contribution is 2.23. The molecule has 0 aliphatic heterocycles. The Balaban J connectivity index is 2.01. The number of imidazole rings is 1. The van der Waals surface area contributed by atoms with E-state index < -0.39 is 0 Å². The topological polar surface area (TPSA) is 29.9 Å². The Morgan fingerprint density at radius 1 is 1.35 bits per heavy atom. The summed E-state index contributed by atoms with van der Waals surface area (Å²) in [7, 11) is 2.11. The molecule has 0 saturated heterocycles. The normalized spacial score (nSPS) is 15.7. The Kier molecular flexibility index (Phi) is 2.44. The van der Waals surface area contributed by atoms with Crippen LogP contribution in [0.25, 0.3) is 11.0 Å². The third-order valence-electron chi connectivity index (χ3n) is 3.80. The highest BCUT2D eigenvalue weighted by atomic mass is 15.1. The van der Waals surface area contributed by atoms with Crippen molar-refractivity contribution in [3.8, 4) is 0 Å². The largest absolute Gasteiger partial charge is 0.330 e. The number of rotatable bonds is 3. The van der Waals surface area contributed by atoms with Gasteiger partial charge in [0.1, 0.15) is 5.82 Å². The molecule has 0 radical (unpaired) electrons. The second-order valence-corrected chi connectivity index (χ2v) is 5.12. The van der Waals surface area contributed by atoms with Gasteiger partial charge in [-0.1, -0.05) is 6.07 Å². The maximum atomic E-state index is 4.77. The van der Waals surface area contributed by atoms with Crippen LogP contribution in [0, 0.1) is 13.8 Å². The molecule has 1 heterocycles. The molecule has 1 N–H and O–H groups in total. The van der Waals surface area contributed by atoms with Crippen molar-refractivity contribution in [2.45, 2.75) is 39.3 Å². The van der Waals surface area contributed by atoms with E-state index in [0.717, 1.165) is 23.9 Å². The van der Waals surface area contributed by atoms with E-state index in [2.05, 4.69) is 42.9 Å². The summed E-state index contributed by atoms with van der Waals surface area (Å²) >= 11 is 0. The van der Waals surface area contributed by atoms with Gasteiger partial charge in [0.05, 0.1) is 17.6 Å². The van der Waals surface area contributed by atoms with Crippen LogP contribution >= 0.6 is 0 Å². The van der Waals surface area contributed by atoms with E-state index >= 15 is 0 Å². The van der Waals surface area contributed by atoms with Gasteiger partial charge in [-0.15, -0.1) is 0 Å². The van der Waals surface area contributed by atoms with E-state index in [1.165, 1.54) is 29.5 Å². The Hall–Kier alpha value is -1.35. The van der Waals surface area contributed by atoms with Crippen LogP contribution < -0.4 is 5.32 Å². The third kappa shape index (κ3) is 1.84. The molecule has 17 heavy (non-hydrogen) atoms. The van der Waals surface area contributed by atoms with E-state index in [0.29, 0.717) is 0 Å². The monoisotopic (exact) mass is 229 g/mol. The lowest BCUT2D eigenvalue weighted by molar-refractivity contribution is 0.639. The fourth-order valence-electron chi connectivity index (χ4n) is 2.22. The molecule has 1 saturated carbocycles. The molecule has 3 nitrogen and oxygen atoms in total. The predicted octanol–water partition coefficient (Wildman–Crippen LogP) is 2.44. The standard InChI is InChI=1S/C14H19N3/c1-9-4-7-12-14(10(9)2)16-13(17(12)3)8-15-11-5-6-11/h4,7,11,15H,5-6,8H2,1-3H3. The second-order valence-electron chi connectivity index (χ2n) is 5.12. The number of nitrogens with zero attached hydrogens (tertiary/aromatic N) is 2. The minimum atomic E-state index is 0.734. The molecular formula is C14H19N3.